The van der Waals surface area contributed by atoms with E-state index in [4.69, 9.17) is 0 Å². The summed E-state index contributed by atoms with van der Waals surface area (Å²) >= 11 is 0. The van der Waals surface area contributed by atoms with Crippen LogP contribution in [0.1, 0.15) is 24.7 Å². The van der Waals surface area contributed by atoms with Crippen molar-refractivity contribution in [3.05, 3.63) is 47.5 Å². The van der Waals surface area contributed by atoms with Crippen molar-refractivity contribution in [2.75, 3.05) is 11.4 Å². The number of nitrogens with one attached hydrogen (secondary N) is 1. The van der Waals surface area contributed by atoms with Crippen LogP contribution in [-0.4, -0.2) is 34.2 Å². The summed E-state index contributed by atoms with van der Waals surface area (Å²) in [5, 5.41) is 7.35. The smallest absolute Gasteiger partial charge is 0.227 e. The molecule has 0 unspecified atom stereocenters. The second kappa shape index (κ2) is 7.27. The number of carbonyl (C=O) groups is 2. The second-order valence-corrected chi connectivity index (χ2v) is 6.90. The van der Waals surface area contributed by atoms with Gasteiger partial charge in [0, 0.05) is 30.4 Å². The Morgan fingerprint density at radius 1 is 1.38 bits per heavy atom. The minimum atomic E-state index is -0.436. The maximum atomic E-state index is 13.4. The van der Waals surface area contributed by atoms with E-state index < -0.39 is 11.7 Å². The van der Waals surface area contributed by atoms with Crippen LogP contribution in [0, 0.1) is 25.6 Å². The van der Waals surface area contributed by atoms with E-state index in [1.54, 1.807) is 12.1 Å². The Labute approximate surface area is 152 Å². The van der Waals surface area contributed by atoms with Crippen LogP contribution >= 0.6 is 0 Å². The molecule has 1 aliphatic rings. The molecule has 0 saturated carbocycles. The summed E-state index contributed by atoms with van der Waals surface area (Å²) in [7, 11) is 0. The van der Waals surface area contributed by atoms with Crippen LogP contribution in [-0.2, 0) is 16.1 Å². The fourth-order valence-corrected chi connectivity index (χ4v) is 3.30. The number of hydrogen-bond acceptors (Lipinski definition) is 3. The summed E-state index contributed by atoms with van der Waals surface area (Å²) in [6.45, 7) is 6.65. The fourth-order valence-electron chi connectivity index (χ4n) is 3.30. The number of carbonyl (C=O) groups excluding carboxylic acids is 2. The Bertz CT molecular complexity index is 833. The van der Waals surface area contributed by atoms with Crippen molar-refractivity contribution in [1.82, 2.24) is 15.1 Å². The number of anilines is 1. The predicted octanol–water partition coefficient (Wildman–Crippen LogP) is 2.20. The summed E-state index contributed by atoms with van der Waals surface area (Å²) in [6, 6.07) is 7.74. The van der Waals surface area contributed by atoms with Crippen LogP contribution in [0.3, 0.4) is 0 Å². The summed E-state index contributed by atoms with van der Waals surface area (Å²) in [6.07, 6.45) is 0.134. The third kappa shape index (κ3) is 3.92. The highest BCUT2D eigenvalue weighted by atomic mass is 19.1. The number of amides is 2. The molecule has 1 N–H and O–H groups in total. The maximum absolute atomic E-state index is 13.4. The number of aromatic nitrogens is 2. The summed E-state index contributed by atoms with van der Waals surface area (Å²) in [5.41, 5.74) is 2.46. The number of hydrogen-bond donors (Lipinski definition) is 1. The first kappa shape index (κ1) is 18.1. The standard InChI is InChI=1S/C19H23FN4O2/c1-12-7-14(3)24(22-12)10-13(2)21-19(26)15-8-18(25)23(11-15)17-6-4-5-16(20)9-17/h4-7,9,13,15H,8,10-11H2,1-3H3,(H,21,26)/t13-,15-/m0/s1. The van der Waals surface area contributed by atoms with Crippen LogP contribution in [0.15, 0.2) is 30.3 Å². The minimum Gasteiger partial charge on any atom is -0.351 e. The third-order valence-electron chi connectivity index (χ3n) is 4.55. The number of nitrogens with zero attached hydrogens (tertiary/aromatic N) is 3. The lowest BCUT2D eigenvalue weighted by Gasteiger charge is -2.19. The zero-order chi connectivity index (χ0) is 18.8. The molecule has 2 heterocycles. The number of aryl methyl sites for hydroxylation is 2. The summed E-state index contributed by atoms with van der Waals surface area (Å²) < 4.78 is 15.3. The van der Waals surface area contributed by atoms with Gasteiger partial charge in [0.25, 0.3) is 0 Å². The van der Waals surface area contributed by atoms with E-state index in [0.717, 1.165) is 11.4 Å². The highest BCUT2D eigenvalue weighted by Crippen LogP contribution is 2.25. The lowest BCUT2D eigenvalue weighted by Crippen LogP contribution is -2.40. The molecular weight excluding hydrogens is 335 g/mol. The molecule has 7 heteroatoms. The van der Waals surface area contributed by atoms with Crippen molar-refractivity contribution in [2.24, 2.45) is 5.92 Å². The zero-order valence-corrected chi connectivity index (χ0v) is 15.2. The van der Waals surface area contributed by atoms with Crippen molar-refractivity contribution < 1.29 is 14.0 Å². The van der Waals surface area contributed by atoms with Gasteiger partial charge in [0.15, 0.2) is 0 Å². The molecule has 2 atom stereocenters. The minimum absolute atomic E-state index is 0.112. The van der Waals surface area contributed by atoms with Crippen molar-refractivity contribution in [2.45, 2.75) is 39.8 Å². The lowest BCUT2D eigenvalue weighted by molar-refractivity contribution is -0.126. The highest BCUT2D eigenvalue weighted by molar-refractivity contribution is 6.00. The molecule has 0 radical (unpaired) electrons. The molecule has 26 heavy (non-hydrogen) atoms. The average molecular weight is 358 g/mol. The quantitative estimate of drug-likeness (QED) is 0.891. The average Bonchev–Trinajstić information content (AvgIpc) is 3.09. The topological polar surface area (TPSA) is 67.2 Å². The first-order chi connectivity index (χ1) is 12.3. The predicted molar refractivity (Wildman–Crippen MR) is 96.2 cm³/mol. The van der Waals surface area contributed by atoms with Crippen LogP contribution in [0.5, 0.6) is 0 Å². The highest BCUT2D eigenvalue weighted by Gasteiger charge is 2.35. The molecule has 0 bridgehead atoms. The van der Waals surface area contributed by atoms with Gasteiger partial charge in [-0.3, -0.25) is 14.3 Å². The van der Waals surface area contributed by atoms with Crippen LogP contribution in [0.4, 0.5) is 10.1 Å². The van der Waals surface area contributed by atoms with E-state index in [2.05, 4.69) is 10.4 Å². The van der Waals surface area contributed by atoms with Gasteiger partial charge in [-0.2, -0.15) is 5.10 Å². The molecule has 1 aromatic heterocycles. The van der Waals surface area contributed by atoms with Crippen molar-refractivity contribution in [3.63, 3.8) is 0 Å². The van der Waals surface area contributed by atoms with E-state index in [9.17, 15) is 14.0 Å². The molecule has 1 saturated heterocycles. The van der Waals surface area contributed by atoms with Gasteiger partial charge in [0.1, 0.15) is 5.82 Å². The summed E-state index contributed by atoms with van der Waals surface area (Å²) in [4.78, 5) is 26.2. The first-order valence-corrected chi connectivity index (χ1v) is 8.71. The lowest BCUT2D eigenvalue weighted by atomic mass is 10.1. The number of rotatable bonds is 5. The molecule has 1 aromatic carbocycles. The Morgan fingerprint density at radius 2 is 2.15 bits per heavy atom. The molecule has 1 aliphatic heterocycles. The first-order valence-electron chi connectivity index (χ1n) is 8.71. The Hall–Kier alpha value is -2.70. The van der Waals surface area contributed by atoms with Gasteiger partial charge < -0.3 is 10.2 Å². The van der Waals surface area contributed by atoms with E-state index in [-0.39, 0.29) is 30.8 Å². The monoisotopic (exact) mass is 358 g/mol. The largest absolute Gasteiger partial charge is 0.351 e. The van der Waals surface area contributed by atoms with Gasteiger partial charge in [-0.25, -0.2) is 4.39 Å². The van der Waals surface area contributed by atoms with E-state index in [0.29, 0.717) is 12.2 Å². The SMILES string of the molecule is Cc1cc(C)n(C[C@H](C)NC(=O)[C@H]2CC(=O)N(c3cccc(F)c3)C2)n1. The van der Waals surface area contributed by atoms with Crippen molar-refractivity contribution >= 4 is 17.5 Å². The van der Waals surface area contributed by atoms with Gasteiger partial charge in [0.2, 0.25) is 11.8 Å². The van der Waals surface area contributed by atoms with Crippen molar-refractivity contribution in [3.8, 4) is 0 Å². The second-order valence-electron chi connectivity index (χ2n) is 6.90. The molecule has 1 fully saturated rings. The van der Waals surface area contributed by atoms with Gasteiger partial charge in [-0.15, -0.1) is 0 Å². The zero-order valence-electron chi connectivity index (χ0n) is 15.2. The van der Waals surface area contributed by atoms with Crippen LogP contribution in [0.25, 0.3) is 0 Å². The van der Waals surface area contributed by atoms with E-state index in [1.165, 1.54) is 17.0 Å². The van der Waals surface area contributed by atoms with Gasteiger partial charge in [-0.1, -0.05) is 6.07 Å². The number of halogens is 1. The fraction of sp³-hybridized carbons (Fsp3) is 0.421. The summed E-state index contributed by atoms with van der Waals surface area (Å²) in [5.74, 6) is -1.16. The van der Waals surface area contributed by atoms with Crippen molar-refractivity contribution in [1.29, 1.82) is 0 Å². The molecular formula is C19H23FN4O2. The maximum Gasteiger partial charge on any atom is 0.227 e. The third-order valence-corrected chi connectivity index (χ3v) is 4.55. The van der Waals surface area contributed by atoms with Gasteiger partial charge in [-0.05, 0) is 45.0 Å². The Morgan fingerprint density at radius 3 is 2.81 bits per heavy atom. The Kier molecular flexibility index (Phi) is 5.06. The number of benzene rings is 1. The molecule has 3 rings (SSSR count). The molecule has 2 amide bonds. The van der Waals surface area contributed by atoms with E-state index >= 15 is 0 Å². The molecule has 2 aromatic rings. The molecule has 0 spiro atoms. The molecule has 0 aliphatic carbocycles. The van der Waals surface area contributed by atoms with Crippen LogP contribution < -0.4 is 10.2 Å². The van der Waals surface area contributed by atoms with Gasteiger partial charge >= 0.3 is 0 Å². The molecule has 6 nitrogen and oxygen atoms in total. The van der Waals surface area contributed by atoms with Crippen LogP contribution in [0.2, 0.25) is 0 Å². The Balaban J connectivity index is 1.60. The van der Waals surface area contributed by atoms with E-state index in [1.807, 2.05) is 31.5 Å². The normalized spacial score (nSPS) is 18.2. The van der Waals surface area contributed by atoms with Gasteiger partial charge in [0.05, 0.1) is 18.2 Å². The molecule has 138 valence electrons.